The van der Waals surface area contributed by atoms with Gasteiger partial charge < -0.3 is 20.3 Å². The van der Waals surface area contributed by atoms with Crippen LogP contribution in [-0.4, -0.2) is 49.8 Å². The van der Waals surface area contributed by atoms with Gasteiger partial charge in [0.2, 0.25) is 0 Å². The third-order valence-corrected chi connectivity index (χ3v) is 4.25. The fourth-order valence-corrected chi connectivity index (χ4v) is 2.64. The van der Waals surface area contributed by atoms with Gasteiger partial charge in [-0.1, -0.05) is 27.0 Å². The summed E-state index contributed by atoms with van der Waals surface area (Å²) in [6, 6.07) is 3.08. The highest BCUT2D eigenvalue weighted by Gasteiger charge is 2.36. The average Bonchev–Trinajstić information content (AvgIpc) is 2.80. The van der Waals surface area contributed by atoms with E-state index in [1.807, 2.05) is 20.6 Å². The number of hydrogen-bond acceptors (Lipinski definition) is 5. The van der Waals surface area contributed by atoms with Gasteiger partial charge in [-0.25, -0.2) is 0 Å². The molecule has 0 aliphatic carbocycles. The molecule has 1 saturated heterocycles. The number of hydrogen-bond donors (Lipinski definition) is 1. The number of carbonyl (C=O) groups excluding carboxylic acids is 1. The summed E-state index contributed by atoms with van der Waals surface area (Å²) < 4.78 is 72.7. The van der Waals surface area contributed by atoms with Crippen molar-refractivity contribution in [2.45, 2.75) is 26.2 Å². The van der Waals surface area contributed by atoms with E-state index in [4.69, 9.17) is 15.8 Å². The van der Waals surface area contributed by atoms with Crippen molar-refractivity contribution in [2.75, 3.05) is 39.0 Å². The molecule has 1 aromatic rings. The smallest absolute Gasteiger partial charge is 0.399 e. The Balaban J connectivity index is 0. The number of alkyl halides is 6. The van der Waals surface area contributed by atoms with Gasteiger partial charge in [0.15, 0.2) is 0 Å². The number of nitrogens with zero attached hydrogens (tertiary/aromatic N) is 3. The number of piperazine rings is 1. The first kappa shape index (κ1) is 32.9. The van der Waals surface area contributed by atoms with Crippen molar-refractivity contribution in [1.82, 2.24) is 9.80 Å². The van der Waals surface area contributed by atoms with Crippen LogP contribution in [0.15, 0.2) is 54.8 Å². The van der Waals surface area contributed by atoms with Crippen LogP contribution in [-0.2, 0) is 17.1 Å². The first-order valence-electron chi connectivity index (χ1n) is 10.00. The molecule has 1 aromatic carbocycles. The van der Waals surface area contributed by atoms with E-state index in [0.29, 0.717) is 17.7 Å². The van der Waals surface area contributed by atoms with Gasteiger partial charge in [0.05, 0.1) is 22.4 Å². The van der Waals surface area contributed by atoms with E-state index in [0.717, 1.165) is 31.9 Å². The highest BCUT2D eigenvalue weighted by molar-refractivity contribution is 5.46. The predicted molar refractivity (Wildman–Crippen MR) is 121 cm³/mol. The maximum Gasteiger partial charge on any atom is 0.416 e. The van der Waals surface area contributed by atoms with E-state index in [1.54, 1.807) is 12.2 Å². The zero-order chi connectivity index (χ0) is 27.1. The maximum absolute atomic E-state index is 12.1. The number of benzene rings is 1. The van der Waals surface area contributed by atoms with Gasteiger partial charge in [-0.05, 0) is 37.4 Å². The van der Waals surface area contributed by atoms with Crippen LogP contribution >= 0.6 is 0 Å². The predicted octanol–water partition coefficient (Wildman–Crippen LogP) is 5.53. The second-order valence-electron chi connectivity index (χ2n) is 6.45. The number of carbonyl (C=O) groups is 1. The Morgan fingerprint density at radius 3 is 1.65 bits per heavy atom. The molecule has 11 heteroatoms. The molecular weight excluding hydrogens is 462 g/mol. The molecule has 0 unspecified atom stereocenters. The zero-order valence-electron chi connectivity index (χ0n) is 19.4. The number of nitrogen functional groups attached to an aromatic ring is 1. The Labute approximate surface area is 196 Å². The summed E-state index contributed by atoms with van der Waals surface area (Å²) in [4.78, 5) is 12.5. The molecule has 1 aliphatic heterocycles. The summed E-state index contributed by atoms with van der Waals surface area (Å²) >= 11 is 0. The summed E-state index contributed by atoms with van der Waals surface area (Å²) in [5.41, 5.74) is 3.07. The lowest BCUT2D eigenvalue weighted by Crippen LogP contribution is -2.43. The standard InChI is InChI=1S/C12H17N3.C8H5F6N.C2H6.CH2O/c1-4-11(10-13)12(5-2)15-8-6-14(3)7-9-15;9-7(10,11)4-1-5(8(12,13)14)3-6(15)2-4;2*1-2/h4-5H,1-2,6-9H2,3H3;1-3H,15H2;1-2H3;1H2/b12-11-;;;. The quantitative estimate of drug-likeness (QED) is 0.260. The second-order valence-corrected chi connectivity index (χ2v) is 6.45. The summed E-state index contributed by atoms with van der Waals surface area (Å²) in [5.74, 6) is 0. The van der Waals surface area contributed by atoms with Crippen molar-refractivity contribution < 1.29 is 31.1 Å². The van der Waals surface area contributed by atoms with Crippen molar-refractivity contribution in [2.24, 2.45) is 0 Å². The van der Waals surface area contributed by atoms with Gasteiger partial charge in [-0.15, -0.1) is 0 Å². The van der Waals surface area contributed by atoms with Gasteiger partial charge >= 0.3 is 12.4 Å². The lowest BCUT2D eigenvalue weighted by atomic mass is 10.1. The molecule has 190 valence electrons. The molecule has 34 heavy (non-hydrogen) atoms. The van der Waals surface area contributed by atoms with E-state index in [2.05, 4.69) is 36.1 Å². The molecule has 1 aliphatic rings. The number of likely N-dealkylation sites (N-methyl/N-ethyl adjacent to an activating group) is 1. The highest BCUT2D eigenvalue weighted by atomic mass is 19.4. The molecule has 0 spiro atoms. The average molecular weight is 493 g/mol. The molecule has 2 rings (SSSR count). The molecule has 5 nitrogen and oxygen atoms in total. The van der Waals surface area contributed by atoms with E-state index >= 15 is 0 Å². The molecule has 0 atom stereocenters. The number of nitrogens with two attached hydrogens (primary N) is 1. The van der Waals surface area contributed by atoms with Crippen LogP contribution < -0.4 is 5.73 Å². The Bertz CT molecular complexity index is 816. The number of halogens is 6. The third kappa shape index (κ3) is 11.0. The maximum atomic E-state index is 12.1. The summed E-state index contributed by atoms with van der Waals surface area (Å²) in [7, 11) is 2.10. The number of allylic oxidation sites excluding steroid dienone is 3. The van der Waals surface area contributed by atoms with Gasteiger partial charge in [0, 0.05) is 31.9 Å². The zero-order valence-corrected chi connectivity index (χ0v) is 19.4. The van der Waals surface area contributed by atoms with E-state index in [-0.39, 0.29) is 6.07 Å². The van der Waals surface area contributed by atoms with Crippen molar-refractivity contribution >= 4 is 12.5 Å². The third-order valence-electron chi connectivity index (χ3n) is 4.25. The van der Waals surface area contributed by atoms with E-state index < -0.39 is 29.2 Å². The number of anilines is 1. The molecule has 1 heterocycles. The monoisotopic (exact) mass is 492 g/mol. The normalized spacial score (nSPS) is 14.4. The highest BCUT2D eigenvalue weighted by Crippen LogP contribution is 2.36. The Kier molecular flexibility index (Phi) is 15.1. The number of nitriles is 1. The Hall–Kier alpha value is -3.26. The fourth-order valence-electron chi connectivity index (χ4n) is 2.64. The molecule has 0 radical (unpaired) electrons. The minimum absolute atomic E-state index is 0.0242. The van der Waals surface area contributed by atoms with Crippen LogP contribution in [0.4, 0.5) is 32.0 Å². The van der Waals surface area contributed by atoms with Crippen LogP contribution in [0.1, 0.15) is 25.0 Å². The molecule has 0 bridgehead atoms. The molecule has 1 fully saturated rings. The molecule has 0 amide bonds. The van der Waals surface area contributed by atoms with Crippen LogP contribution in [0.25, 0.3) is 0 Å². The lowest BCUT2D eigenvalue weighted by molar-refractivity contribution is -0.143. The molecule has 0 aromatic heterocycles. The Morgan fingerprint density at radius 1 is 0.941 bits per heavy atom. The van der Waals surface area contributed by atoms with Gasteiger partial charge in [0.25, 0.3) is 0 Å². The van der Waals surface area contributed by atoms with Crippen molar-refractivity contribution in [3.8, 4) is 6.07 Å². The number of rotatable bonds is 3. The van der Waals surface area contributed by atoms with Gasteiger partial charge in [-0.3, -0.25) is 0 Å². The largest absolute Gasteiger partial charge is 0.416 e. The first-order chi connectivity index (χ1) is 15.8. The van der Waals surface area contributed by atoms with Crippen LogP contribution in [0, 0.1) is 11.3 Å². The Morgan fingerprint density at radius 2 is 1.35 bits per heavy atom. The second kappa shape index (κ2) is 15.6. The fraction of sp³-hybridized carbons (Fsp3) is 0.391. The van der Waals surface area contributed by atoms with Crippen molar-refractivity contribution in [3.05, 3.63) is 65.9 Å². The molecule has 2 N–H and O–H groups in total. The van der Waals surface area contributed by atoms with Crippen molar-refractivity contribution in [3.63, 3.8) is 0 Å². The first-order valence-corrected chi connectivity index (χ1v) is 10.00. The summed E-state index contributed by atoms with van der Waals surface area (Å²) in [5, 5.41) is 8.95. The van der Waals surface area contributed by atoms with Crippen molar-refractivity contribution in [1.29, 1.82) is 5.26 Å². The minimum Gasteiger partial charge on any atom is -0.399 e. The summed E-state index contributed by atoms with van der Waals surface area (Å²) in [6.45, 7) is 17.3. The molecule has 0 saturated carbocycles. The van der Waals surface area contributed by atoms with E-state index in [1.165, 1.54) is 0 Å². The molecular formula is C23H30F6N4O. The topological polar surface area (TPSA) is 73.4 Å². The van der Waals surface area contributed by atoms with Gasteiger partial charge in [0.1, 0.15) is 12.9 Å². The lowest BCUT2D eigenvalue weighted by Gasteiger charge is -2.34. The van der Waals surface area contributed by atoms with E-state index in [9.17, 15) is 26.3 Å². The van der Waals surface area contributed by atoms with Crippen LogP contribution in [0.2, 0.25) is 0 Å². The van der Waals surface area contributed by atoms with Gasteiger partial charge in [-0.2, -0.15) is 31.6 Å². The minimum atomic E-state index is -4.84. The van der Waals surface area contributed by atoms with Crippen LogP contribution in [0.3, 0.4) is 0 Å². The van der Waals surface area contributed by atoms with Crippen LogP contribution in [0.5, 0.6) is 0 Å². The SMILES string of the molecule is C=C/C(C#N)=C(\C=C)N1CCN(C)CC1.C=O.CC.Nc1cc(C(F)(F)F)cc(C(F)(F)F)c1. The summed E-state index contributed by atoms with van der Waals surface area (Å²) in [6.07, 6.45) is -6.34.